The molecule has 1 heterocycles. The van der Waals surface area contributed by atoms with Crippen molar-refractivity contribution in [3.63, 3.8) is 0 Å². The number of hydrogen-bond acceptors (Lipinski definition) is 3. The first-order valence-corrected chi connectivity index (χ1v) is 6.42. The topological polar surface area (TPSA) is 54.3 Å². The Bertz CT molecular complexity index is 393. The third kappa shape index (κ3) is 4.59. The van der Waals surface area contributed by atoms with E-state index in [1.165, 1.54) is 6.26 Å². The van der Waals surface area contributed by atoms with Gasteiger partial charge >= 0.3 is 0 Å². The fourth-order valence-electron chi connectivity index (χ4n) is 1.05. The number of carbonyl (C=O) groups is 1. The zero-order chi connectivity index (χ0) is 14.0. The summed E-state index contributed by atoms with van der Waals surface area (Å²) >= 11 is 17.5. The van der Waals surface area contributed by atoms with Gasteiger partial charge in [0.05, 0.1) is 6.26 Å². The van der Waals surface area contributed by atoms with Gasteiger partial charge in [0.1, 0.15) is 6.17 Å². The summed E-state index contributed by atoms with van der Waals surface area (Å²) in [6, 6.07) is 3.34. The summed E-state index contributed by atoms with van der Waals surface area (Å²) < 4.78 is 3.39. The van der Waals surface area contributed by atoms with Crippen LogP contribution in [-0.2, 0) is 4.79 Å². The molecule has 1 amide bonds. The number of halogens is 3. The van der Waals surface area contributed by atoms with E-state index in [9.17, 15) is 4.79 Å². The lowest BCUT2D eigenvalue weighted by molar-refractivity contribution is -0.129. The van der Waals surface area contributed by atoms with E-state index in [4.69, 9.17) is 39.2 Å². The van der Waals surface area contributed by atoms with E-state index < -0.39 is 15.4 Å². The van der Waals surface area contributed by atoms with E-state index in [2.05, 4.69) is 10.6 Å². The molecule has 0 spiro atoms. The maximum atomic E-state index is 11.9. The fourth-order valence-corrected chi connectivity index (χ4v) is 1.38. The summed E-state index contributed by atoms with van der Waals surface area (Å²) in [6.07, 6.45) is 0.587. The van der Waals surface area contributed by atoms with Crippen LogP contribution in [0.4, 0.5) is 5.88 Å². The maximum Gasteiger partial charge on any atom is 0.228 e. The predicted molar refractivity (Wildman–Crippen MR) is 74.0 cm³/mol. The molecule has 1 atom stereocenters. The van der Waals surface area contributed by atoms with Crippen LogP contribution in [0.25, 0.3) is 0 Å². The zero-order valence-corrected chi connectivity index (χ0v) is 12.5. The Morgan fingerprint density at radius 1 is 1.33 bits per heavy atom. The van der Waals surface area contributed by atoms with Crippen molar-refractivity contribution in [3.8, 4) is 0 Å². The minimum Gasteiger partial charge on any atom is -0.449 e. The SMILES string of the molecule is CC(C)(C)C(=O)N[C@@H](Nc1ccco1)C(Cl)(Cl)Cl. The van der Waals surface area contributed by atoms with Crippen LogP contribution in [0.2, 0.25) is 0 Å². The Balaban J connectivity index is 2.78. The van der Waals surface area contributed by atoms with Gasteiger partial charge in [0, 0.05) is 11.5 Å². The van der Waals surface area contributed by atoms with Crippen molar-refractivity contribution in [1.82, 2.24) is 5.32 Å². The Kier molecular flexibility index (Phi) is 4.81. The van der Waals surface area contributed by atoms with Crippen molar-refractivity contribution in [2.24, 2.45) is 5.41 Å². The van der Waals surface area contributed by atoms with Crippen LogP contribution in [0, 0.1) is 5.41 Å². The summed E-state index contributed by atoms with van der Waals surface area (Å²) in [4.78, 5) is 11.9. The van der Waals surface area contributed by atoms with Gasteiger partial charge < -0.3 is 15.1 Å². The second-order valence-electron chi connectivity index (χ2n) is 4.82. The van der Waals surface area contributed by atoms with Crippen LogP contribution in [0.15, 0.2) is 22.8 Å². The molecule has 7 heteroatoms. The number of alkyl halides is 3. The van der Waals surface area contributed by atoms with Gasteiger partial charge in [-0.3, -0.25) is 4.79 Å². The normalized spacial score (nSPS) is 14.1. The summed E-state index contributed by atoms with van der Waals surface area (Å²) in [5.74, 6) is 0.165. The number of nitrogens with one attached hydrogen (secondary N) is 2. The molecule has 18 heavy (non-hydrogen) atoms. The minimum atomic E-state index is -1.70. The first-order valence-electron chi connectivity index (χ1n) is 5.28. The van der Waals surface area contributed by atoms with Gasteiger partial charge in [0.2, 0.25) is 9.70 Å². The summed E-state index contributed by atoms with van der Waals surface area (Å²) in [7, 11) is 0. The third-order valence-electron chi connectivity index (χ3n) is 2.09. The molecule has 0 unspecified atom stereocenters. The highest BCUT2D eigenvalue weighted by Gasteiger charge is 2.36. The number of anilines is 1. The van der Waals surface area contributed by atoms with Crippen molar-refractivity contribution < 1.29 is 9.21 Å². The Morgan fingerprint density at radius 2 is 1.94 bits per heavy atom. The molecule has 2 N–H and O–H groups in total. The first-order chi connectivity index (χ1) is 8.10. The average molecular weight is 314 g/mol. The van der Waals surface area contributed by atoms with Gasteiger partial charge in [0.15, 0.2) is 5.88 Å². The number of rotatable bonds is 3. The van der Waals surface area contributed by atoms with Gasteiger partial charge in [-0.15, -0.1) is 0 Å². The molecule has 1 aromatic rings. The van der Waals surface area contributed by atoms with E-state index >= 15 is 0 Å². The highest BCUT2D eigenvalue weighted by molar-refractivity contribution is 6.68. The summed E-state index contributed by atoms with van der Waals surface area (Å²) in [6.45, 7) is 5.31. The molecule has 0 saturated heterocycles. The molecule has 0 bridgehead atoms. The van der Waals surface area contributed by atoms with Gasteiger partial charge in [0.25, 0.3) is 0 Å². The second kappa shape index (κ2) is 5.59. The standard InChI is InChI=1S/C11H15Cl3N2O2/c1-10(2,3)9(17)16-8(11(12,13)14)15-7-5-4-6-18-7/h4-6,8,15H,1-3H3,(H,16,17)/t8-/m1/s1. The van der Waals surface area contributed by atoms with Crippen LogP contribution in [-0.4, -0.2) is 15.9 Å². The highest BCUT2D eigenvalue weighted by Crippen LogP contribution is 2.31. The first kappa shape index (κ1) is 15.5. The van der Waals surface area contributed by atoms with Crippen LogP contribution in [0.5, 0.6) is 0 Å². The molecule has 0 aliphatic heterocycles. The van der Waals surface area contributed by atoms with Crippen LogP contribution < -0.4 is 10.6 Å². The predicted octanol–water partition coefficient (Wildman–Crippen LogP) is 3.55. The Morgan fingerprint density at radius 3 is 2.33 bits per heavy atom. The van der Waals surface area contributed by atoms with Gasteiger partial charge in [-0.1, -0.05) is 55.6 Å². The summed E-state index contributed by atoms with van der Waals surface area (Å²) in [5, 5.41) is 5.44. The molecule has 0 saturated carbocycles. The third-order valence-corrected chi connectivity index (χ3v) is 2.75. The van der Waals surface area contributed by atoms with E-state index in [0.29, 0.717) is 5.88 Å². The van der Waals surface area contributed by atoms with Gasteiger partial charge in [-0.25, -0.2) is 0 Å². The average Bonchev–Trinajstić information content (AvgIpc) is 2.66. The van der Waals surface area contributed by atoms with E-state index in [1.807, 2.05) is 0 Å². The lowest BCUT2D eigenvalue weighted by Crippen LogP contribution is -2.52. The van der Waals surface area contributed by atoms with E-state index in [0.717, 1.165) is 0 Å². The number of carbonyl (C=O) groups excluding carboxylic acids is 1. The molecule has 0 fully saturated rings. The molecular weight excluding hydrogens is 298 g/mol. The molecule has 1 aromatic heterocycles. The Hall–Kier alpha value is -0.580. The Labute approximate surface area is 121 Å². The second-order valence-corrected chi connectivity index (χ2v) is 7.19. The van der Waals surface area contributed by atoms with E-state index in [-0.39, 0.29) is 5.91 Å². The maximum absolute atomic E-state index is 11.9. The van der Waals surface area contributed by atoms with Gasteiger partial charge in [-0.2, -0.15) is 0 Å². The quantitative estimate of drug-likeness (QED) is 0.663. The highest BCUT2D eigenvalue weighted by atomic mass is 35.6. The van der Waals surface area contributed by atoms with Crippen molar-refractivity contribution in [2.75, 3.05) is 5.32 Å². The molecule has 0 aromatic carbocycles. The van der Waals surface area contributed by atoms with Crippen molar-refractivity contribution in [2.45, 2.75) is 30.7 Å². The molecule has 102 valence electrons. The smallest absolute Gasteiger partial charge is 0.228 e. The van der Waals surface area contributed by atoms with Crippen molar-refractivity contribution in [1.29, 1.82) is 0 Å². The van der Waals surface area contributed by atoms with E-state index in [1.54, 1.807) is 32.9 Å². The number of hydrogen-bond donors (Lipinski definition) is 2. The van der Waals surface area contributed by atoms with Crippen molar-refractivity contribution in [3.05, 3.63) is 18.4 Å². The number of furan rings is 1. The largest absolute Gasteiger partial charge is 0.449 e. The monoisotopic (exact) mass is 312 g/mol. The fraction of sp³-hybridized carbons (Fsp3) is 0.545. The molecule has 0 aliphatic rings. The lowest BCUT2D eigenvalue weighted by Gasteiger charge is -2.29. The molecular formula is C11H15Cl3N2O2. The molecule has 1 rings (SSSR count). The molecule has 0 radical (unpaired) electrons. The van der Waals surface area contributed by atoms with Gasteiger partial charge in [-0.05, 0) is 6.07 Å². The molecule has 4 nitrogen and oxygen atoms in total. The minimum absolute atomic E-state index is 0.238. The molecule has 0 aliphatic carbocycles. The number of amides is 1. The zero-order valence-electron chi connectivity index (χ0n) is 10.3. The summed E-state index contributed by atoms with van der Waals surface area (Å²) in [5.41, 5.74) is -0.584. The van der Waals surface area contributed by atoms with Crippen molar-refractivity contribution >= 4 is 46.6 Å². The van der Waals surface area contributed by atoms with Crippen LogP contribution >= 0.6 is 34.8 Å². The lowest BCUT2D eigenvalue weighted by atomic mass is 9.95. The van der Waals surface area contributed by atoms with Crippen LogP contribution in [0.1, 0.15) is 20.8 Å². The van der Waals surface area contributed by atoms with Crippen LogP contribution in [0.3, 0.4) is 0 Å².